The minimum absolute atomic E-state index is 0.234. The highest BCUT2D eigenvalue weighted by Gasteiger charge is 2.27. The molecule has 0 unspecified atom stereocenters. The van der Waals surface area contributed by atoms with E-state index in [1.54, 1.807) is 11.3 Å². The van der Waals surface area contributed by atoms with Crippen LogP contribution in [0.2, 0.25) is 0 Å². The predicted molar refractivity (Wildman–Crippen MR) is 88.8 cm³/mol. The molecule has 0 bridgehead atoms. The smallest absolute Gasteiger partial charge is 0.229 e. The van der Waals surface area contributed by atoms with Crippen LogP contribution >= 0.6 is 22.9 Å². The number of rotatable bonds is 7. The van der Waals surface area contributed by atoms with Crippen LogP contribution in [-0.4, -0.2) is 28.4 Å². The summed E-state index contributed by atoms with van der Waals surface area (Å²) in [6.45, 7) is 5.31. The summed E-state index contributed by atoms with van der Waals surface area (Å²) in [5.74, 6) is 1.28. The fraction of sp³-hybridized carbons (Fsp3) is 0.750. The lowest BCUT2D eigenvalue weighted by molar-refractivity contribution is -0.132. The molecule has 3 nitrogen and oxygen atoms in total. The van der Waals surface area contributed by atoms with Crippen LogP contribution < -0.4 is 0 Å². The van der Waals surface area contributed by atoms with Crippen LogP contribution in [0, 0.1) is 5.92 Å². The lowest BCUT2D eigenvalue weighted by atomic mass is 10.1. The van der Waals surface area contributed by atoms with Gasteiger partial charge < -0.3 is 4.90 Å². The molecule has 1 amide bonds. The molecule has 0 saturated heterocycles. The molecule has 1 aliphatic carbocycles. The highest BCUT2D eigenvalue weighted by Crippen LogP contribution is 2.25. The molecule has 0 aromatic carbocycles. The quantitative estimate of drug-likeness (QED) is 0.701. The maximum Gasteiger partial charge on any atom is 0.229 e. The second kappa shape index (κ2) is 8.14. The van der Waals surface area contributed by atoms with Crippen molar-refractivity contribution in [3.8, 4) is 0 Å². The first-order valence-electron chi connectivity index (χ1n) is 7.89. The minimum atomic E-state index is 0.234. The van der Waals surface area contributed by atoms with Crippen LogP contribution in [0.4, 0.5) is 0 Å². The van der Waals surface area contributed by atoms with Crippen molar-refractivity contribution in [3.05, 3.63) is 16.1 Å². The molecule has 1 saturated carbocycles. The lowest BCUT2D eigenvalue weighted by Crippen LogP contribution is -2.40. The van der Waals surface area contributed by atoms with Gasteiger partial charge in [-0.25, -0.2) is 4.98 Å². The number of thiazole rings is 1. The Labute approximate surface area is 136 Å². The van der Waals surface area contributed by atoms with E-state index in [9.17, 15) is 4.79 Å². The van der Waals surface area contributed by atoms with Gasteiger partial charge in [0.25, 0.3) is 0 Å². The second-order valence-electron chi connectivity index (χ2n) is 6.25. The average molecular weight is 329 g/mol. The van der Waals surface area contributed by atoms with Crippen molar-refractivity contribution in [1.29, 1.82) is 0 Å². The van der Waals surface area contributed by atoms with Crippen molar-refractivity contribution in [2.75, 3.05) is 6.54 Å². The fourth-order valence-electron chi connectivity index (χ4n) is 2.85. The van der Waals surface area contributed by atoms with Crippen LogP contribution in [0.5, 0.6) is 0 Å². The summed E-state index contributed by atoms with van der Waals surface area (Å²) < 4.78 is 0. The number of halogens is 1. The van der Waals surface area contributed by atoms with Crippen LogP contribution in [-0.2, 0) is 17.1 Å². The van der Waals surface area contributed by atoms with Gasteiger partial charge in [-0.1, -0.05) is 26.7 Å². The first kappa shape index (κ1) is 16.8. The molecule has 0 radical (unpaired) electrons. The first-order chi connectivity index (χ1) is 10.1. The fourth-order valence-corrected chi connectivity index (χ4v) is 3.86. The third kappa shape index (κ3) is 4.96. The van der Waals surface area contributed by atoms with Gasteiger partial charge in [0, 0.05) is 18.0 Å². The topological polar surface area (TPSA) is 33.2 Å². The maximum atomic E-state index is 12.7. The Morgan fingerprint density at radius 3 is 2.76 bits per heavy atom. The largest absolute Gasteiger partial charge is 0.339 e. The van der Waals surface area contributed by atoms with E-state index >= 15 is 0 Å². The molecule has 1 aromatic rings. The number of alkyl halides is 1. The van der Waals surface area contributed by atoms with Gasteiger partial charge in [-0.3, -0.25) is 4.79 Å². The Kier molecular flexibility index (Phi) is 6.49. The summed E-state index contributed by atoms with van der Waals surface area (Å²) in [7, 11) is 0. The monoisotopic (exact) mass is 328 g/mol. The maximum absolute atomic E-state index is 12.7. The molecule has 0 aliphatic heterocycles. The molecule has 21 heavy (non-hydrogen) atoms. The molecule has 1 aliphatic rings. The molecule has 1 fully saturated rings. The third-order valence-electron chi connectivity index (χ3n) is 4.07. The summed E-state index contributed by atoms with van der Waals surface area (Å²) in [4.78, 5) is 19.2. The summed E-state index contributed by atoms with van der Waals surface area (Å²) in [6.07, 6.45) is 6.33. The predicted octanol–water partition coefficient (Wildman–Crippen LogP) is 4.24. The van der Waals surface area contributed by atoms with Crippen LogP contribution in [0.25, 0.3) is 0 Å². The molecule has 118 valence electrons. The van der Waals surface area contributed by atoms with Crippen molar-refractivity contribution in [3.63, 3.8) is 0 Å². The Hall–Kier alpha value is -0.610. The van der Waals surface area contributed by atoms with Gasteiger partial charge in [0.1, 0.15) is 5.01 Å². The van der Waals surface area contributed by atoms with Gasteiger partial charge in [0.2, 0.25) is 5.91 Å². The van der Waals surface area contributed by atoms with E-state index in [4.69, 9.17) is 11.6 Å². The Morgan fingerprint density at radius 1 is 1.48 bits per heavy atom. The zero-order chi connectivity index (χ0) is 15.2. The highest BCUT2D eigenvalue weighted by atomic mass is 35.5. The number of aromatic nitrogens is 1. The van der Waals surface area contributed by atoms with Gasteiger partial charge in [0.15, 0.2) is 0 Å². The molecular weight excluding hydrogens is 304 g/mol. The van der Waals surface area contributed by atoms with Crippen molar-refractivity contribution in [2.24, 2.45) is 5.92 Å². The average Bonchev–Trinajstić information content (AvgIpc) is 3.10. The van der Waals surface area contributed by atoms with Crippen molar-refractivity contribution >= 4 is 28.8 Å². The summed E-state index contributed by atoms with van der Waals surface area (Å²) in [6, 6.07) is 0.448. The second-order valence-corrected chi connectivity index (χ2v) is 7.46. The van der Waals surface area contributed by atoms with Crippen molar-refractivity contribution < 1.29 is 4.79 Å². The zero-order valence-corrected chi connectivity index (χ0v) is 14.6. The van der Waals surface area contributed by atoms with Gasteiger partial charge in [-0.05, 0) is 25.2 Å². The summed E-state index contributed by atoms with van der Waals surface area (Å²) in [5, 5.41) is 2.84. The summed E-state index contributed by atoms with van der Waals surface area (Å²) >= 11 is 7.32. The van der Waals surface area contributed by atoms with Gasteiger partial charge in [-0.2, -0.15) is 0 Å². The van der Waals surface area contributed by atoms with Crippen LogP contribution in [0.3, 0.4) is 0 Å². The van der Waals surface area contributed by atoms with E-state index in [2.05, 4.69) is 23.7 Å². The molecule has 5 heteroatoms. The van der Waals surface area contributed by atoms with E-state index in [-0.39, 0.29) is 5.91 Å². The molecular formula is C16H25ClN2OS. The van der Waals surface area contributed by atoms with E-state index in [0.29, 0.717) is 24.3 Å². The van der Waals surface area contributed by atoms with E-state index in [0.717, 1.165) is 36.5 Å². The number of hydrogen-bond acceptors (Lipinski definition) is 3. The van der Waals surface area contributed by atoms with Gasteiger partial charge in [0.05, 0.1) is 18.0 Å². The highest BCUT2D eigenvalue weighted by molar-refractivity contribution is 7.09. The number of nitrogens with zero attached hydrogens (tertiary/aromatic N) is 2. The van der Waals surface area contributed by atoms with E-state index in [1.807, 2.05) is 5.38 Å². The first-order valence-corrected chi connectivity index (χ1v) is 9.30. The van der Waals surface area contributed by atoms with E-state index < -0.39 is 0 Å². The Balaban J connectivity index is 1.98. The van der Waals surface area contributed by atoms with Crippen LogP contribution in [0.1, 0.15) is 56.7 Å². The standard InChI is InChI=1S/C16H25ClN2OS/c1-12(2)7-8-19(14-5-3-4-6-14)16(20)9-15-18-13(10-17)11-21-15/h11-12,14H,3-10H2,1-2H3. The Morgan fingerprint density at radius 2 is 2.19 bits per heavy atom. The lowest BCUT2D eigenvalue weighted by Gasteiger charge is -2.29. The molecule has 0 spiro atoms. The number of carbonyl (C=O) groups is 1. The third-order valence-corrected chi connectivity index (χ3v) is 5.24. The van der Waals surface area contributed by atoms with Gasteiger partial charge in [-0.15, -0.1) is 22.9 Å². The van der Waals surface area contributed by atoms with Crippen LogP contribution in [0.15, 0.2) is 5.38 Å². The molecule has 0 atom stereocenters. The minimum Gasteiger partial charge on any atom is -0.339 e. The van der Waals surface area contributed by atoms with Crippen molar-refractivity contribution in [1.82, 2.24) is 9.88 Å². The molecule has 2 rings (SSSR count). The SMILES string of the molecule is CC(C)CCN(C(=O)Cc1nc(CCl)cs1)C1CCCC1. The van der Waals surface area contributed by atoms with Crippen molar-refractivity contribution in [2.45, 2.75) is 64.3 Å². The van der Waals surface area contributed by atoms with Gasteiger partial charge >= 0.3 is 0 Å². The number of carbonyl (C=O) groups excluding carboxylic acids is 1. The molecule has 1 aromatic heterocycles. The zero-order valence-electron chi connectivity index (χ0n) is 13.0. The normalized spacial score (nSPS) is 15.8. The molecule has 1 heterocycles. The van der Waals surface area contributed by atoms with E-state index in [1.165, 1.54) is 12.8 Å². The number of amides is 1. The molecule has 0 N–H and O–H groups in total. The Bertz CT molecular complexity index is 455. The summed E-state index contributed by atoms with van der Waals surface area (Å²) in [5.41, 5.74) is 0.874. The number of hydrogen-bond donors (Lipinski definition) is 0.